The Labute approximate surface area is 157 Å². The monoisotopic (exact) mass is 410 g/mol. The Morgan fingerprint density at radius 1 is 1.15 bits per heavy atom. The number of sulfonamides is 1. The normalized spacial score (nSPS) is 12.7. The lowest BCUT2D eigenvalue weighted by Crippen LogP contribution is -2.38. The van der Waals surface area contributed by atoms with Crippen LogP contribution in [-0.2, 0) is 16.6 Å². The number of aliphatic imine (C=N–C) groups is 1. The number of alkyl halides is 3. The van der Waals surface area contributed by atoms with Crippen LogP contribution in [0.5, 0.6) is 5.75 Å². The van der Waals surface area contributed by atoms with Gasteiger partial charge in [0.25, 0.3) is 0 Å². The summed E-state index contributed by atoms with van der Waals surface area (Å²) in [6, 6.07) is 6.26. The number of ether oxygens (including phenoxy) is 1. The molecule has 0 unspecified atom stereocenters. The van der Waals surface area contributed by atoms with E-state index in [0.29, 0.717) is 32.0 Å². The molecule has 7 nitrogen and oxygen atoms in total. The second kappa shape index (κ2) is 11.0. The van der Waals surface area contributed by atoms with Gasteiger partial charge >= 0.3 is 6.18 Å². The van der Waals surface area contributed by atoms with E-state index in [4.69, 9.17) is 0 Å². The van der Waals surface area contributed by atoms with E-state index in [0.717, 1.165) is 5.56 Å². The molecule has 1 aromatic carbocycles. The molecule has 1 rings (SSSR count). The molecule has 0 atom stereocenters. The number of guanidine groups is 1. The topological polar surface area (TPSA) is 91.8 Å². The number of benzene rings is 1. The lowest BCUT2D eigenvalue weighted by molar-refractivity contribution is -0.153. The van der Waals surface area contributed by atoms with E-state index >= 15 is 0 Å². The molecule has 11 heteroatoms. The van der Waals surface area contributed by atoms with Crippen molar-refractivity contribution in [3.8, 4) is 5.75 Å². The summed E-state index contributed by atoms with van der Waals surface area (Å²) < 4.78 is 66.0. The van der Waals surface area contributed by atoms with E-state index < -0.39 is 22.8 Å². The van der Waals surface area contributed by atoms with Crippen LogP contribution in [-0.4, -0.2) is 53.1 Å². The third-order valence-electron chi connectivity index (χ3n) is 3.36. The van der Waals surface area contributed by atoms with Crippen molar-refractivity contribution < 1.29 is 26.3 Å². The summed E-state index contributed by atoms with van der Waals surface area (Å²) in [7, 11) is -1.58. The Hall–Kier alpha value is -2.01. The molecule has 0 saturated heterocycles. The Morgan fingerprint density at radius 3 is 2.37 bits per heavy atom. The molecule has 0 aliphatic carbocycles. The van der Waals surface area contributed by atoms with Crippen molar-refractivity contribution in [2.45, 2.75) is 26.1 Å². The quantitative estimate of drug-likeness (QED) is 0.310. The molecule has 0 fully saturated rings. The Bertz CT molecular complexity index is 692. The maximum absolute atomic E-state index is 12.1. The molecule has 154 valence electrons. The zero-order valence-corrected chi connectivity index (χ0v) is 16.1. The van der Waals surface area contributed by atoms with Crippen LogP contribution in [0.2, 0.25) is 0 Å². The van der Waals surface area contributed by atoms with Gasteiger partial charge in [-0.25, -0.2) is 13.1 Å². The van der Waals surface area contributed by atoms with E-state index in [1.807, 2.05) is 0 Å². The molecule has 0 heterocycles. The number of nitrogens with one attached hydrogen (secondary N) is 3. The highest BCUT2D eigenvalue weighted by molar-refractivity contribution is 7.89. The minimum absolute atomic E-state index is 0.0453. The van der Waals surface area contributed by atoms with Gasteiger partial charge in [0.05, 0.1) is 5.75 Å². The van der Waals surface area contributed by atoms with Gasteiger partial charge in [-0.15, -0.1) is 0 Å². The Balaban J connectivity index is 2.32. The van der Waals surface area contributed by atoms with Gasteiger partial charge in [-0.2, -0.15) is 13.2 Å². The zero-order chi connectivity index (χ0) is 20.3. The largest absolute Gasteiger partial charge is 0.484 e. The van der Waals surface area contributed by atoms with E-state index in [1.165, 1.54) is 12.1 Å². The first-order valence-electron chi connectivity index (χ1n) is 8.35. The summed E-state index contributed by atoms with van der Waals surface area (Å²) >= 11 is 0. The molecular formula is C16H25F3N4O3S. The fourth-order valence-corrected chi connectivity index (χ4v) is 2.56. The average molecular weight is 410 g/mol. The minimum atomic E-state index is -4.37. The van der Waals surface area contributed by atoms with Gasteiger partial charge < -0.3 is 15.4 Å². The van der Waals surface area contributed by atoms with Gasteiger partial charge in [0.2, 0.25) is 10.0 Å². The number of hydrogen-bond donors (Lipinski definition) is 3. The van der Waals surface area contributed by atoms with Crippen LogP contribution in [0.4, 0.5) is 13.2 Å². The van der Waals surface area contributed by atoms with Crippen molar-refractivity contribution in [2.24, 2.45) is 4.99 Å². The van der Waals surface area contributed by atoms with Crippen molar-refractivity contribution in [3.63, 3.8) is 0 Å². The molecule has 0 amide bonds. The maximum atomic E-state index is 12.1. The molecule has 3 N–H and O–H groups in total. The molecule has 0 spiro atoms. The van der Waals surface area contributed by atoms with Crippen molar-refractivity contribution in [1.29, 1.82) is 0 Å². The SMILES string of the molecule is CCS(=O)(=O)NCCCNC(=NC)NCc1ccc(OCC(F)(F)F)cc1. The highest BCUT2D eigenvalue weighted by atomic mass is 32.2. The molecule has 0 bridgehead atoms. The summed E-state index contributed by atoms with van der Waals surface area (Å²) in [6.45, 7) is 1.52. The van der Waals surface area contributed by atoms with E-state index in [-0.39, 0.29) is 11.5 Å². The first kappa shape index (κ1) is 23.0. The number of rotatable bonds is 10. The van der Waals surface area contributed by atoms with Crippen LogP contribution in [0.25, 0.3) is 0 Å². The lowest BCUT2D eigenvalue weighted by Gasteiger charge is -2.13. The summed E-state index contributed by atoms with van der Waals surface area (Å²) in [5.41, 5.74) is 0.841. The number of halogens is 3. The molecule has 0 aliphatic heterocycles. The predicted molar refractivity (Wildman–Crippen MR) is 98.3 cm³/mol. The van der Waals surface area contributed by atoms with Gasteiger partial charge in [0.1, 0.15) is 5.75 Å². The van der Waals surface area contributed by atoms with Crippen LogP contribution in [0.1, 0.15) is 18.9 Å². The summed E-state index contributed by atoms with van der Waals surface area (Å²) in [4.78, 5) is 4.05. The molecule has 0 aromatic heterocycles. The fourth-order valence-electron chi connectivity index (χ4n) is 1.90. The highest BCUT2D eigenvalue weighted by Crippen LogP contribution is 2.18. The summed E-state index contributed by atoms with van der Waals surface area (Å²) in [6.07, 6.45) is -3.78. The van der Waals surface area contributed by atoms with Crippen molar-refractivity contribution in [1.82, 2.24) is 15.4 Å². The number of nitrogens with zero attached hydrogens (tertiary/aromatic N) is 1. The number of hydrogen-bond acceptors (Lipinski definition) is 4. The van der Waals surface area contributed by atoms with E-state index in [2.05, 4.69) is 25.1 Å². The van der Waals surface area contributed by atoms with Gasteiger partial charge in [-0.3, -0.25) is 4.99 Å². The van der Waals surface area contributed by atoms with Gasteiger partial charge in [0, 0.05) is 26.7 Å². The Kier molecular flexibility index (Phi) is 9.36. The van der Waals surface area contributed by atoms with Crippen molar-refractivity contribution in [2.75, 3.05) is 32.5 Å². The van der Waals surface area contributed by atoms with Crippen LogP contribution >= 0.6 is 0 Å². The average Bonchev–Trinajstić information content (AvgIpc) is 2.62. The summed E-state index contributed by atoms with van der Waals surface area (Å²) in [5.74, 6) is 0.725. The molecule has 0 radical (unpaired) electrons. The molecule has 1 aromatic rings. The summed E-state index contributed by atoms with van der Waals surface area (Å²) in [5, 5.41) is 6.11. The molecule has 27 heavy (non-hydrogen) atoms. The smallest absolute Gasteiger partial charge is 0.422 e. The van der Waals surface area contributed by atoms with E-state index in [9.17, 15) is 21.6 Å². The molecular weight excluding hydrogens is 385 g/mol. The third kappa shape index (κ3) is 10.7. The first-order chi connectivity index (χ1) is 12.6. The zero-order valence-electron chi connectivity index (χ0n) is 15.3. The molecule has 0 saturated carbocycles. The van der Waals surface area contributed by atoms with Crippen LogP contribution < -0.4 is 20.1 Å². The predicted octanol–water partition coefficient (Wildman–Crippen LogP) is 1.62. The van der Waals surface area contributed by atoms with Crippen molar-refractivity contribution >= 4 is 16.0 Å². The Morgan fingerprint density at radius 2 is 1.81 bits per heavy atom. The second-order valence-corrected chi connectivity index (χ2v) is 7.65. The van der Waals surface area contributed by atoms with E-state index in [1.54, 1.807) is 26.1 Å². The molecule has 0 aliphatic rings. The van der Waals surface area contributed by atoms with Crippen LogP contribution in [0.15, 0.2) is 29.3 Å². The minimum Gasteiger partial charge on any atom is -0.484 e. The van der Waals surface area contributed by atoms with Gasteiger partial charge in [-0.05, 0) is 31.0 Å². The van der Waals surface area contributed by atoms with Crippen molar-refractivity contribution in [3.05, 3.63) is 29.8 Å². The highest BCUT2D eigenvalue weighted by Gasteiger charge is 2.28. The standard InChI is InChI=1S/C16H25F3N4O3S/c1-3-27(24,25)23-10-4-9-21-15(20-2)22-11-13-5-7-14(8-6-13)26-12-16(17,18)19/h5-8,23H,3-4,9-12H2,1-2H3,(H2,20,21,22). The lowest BCUT2D eigenvalue weighted by atomic mass is 10.2. The van der Waals surface area contributed by atoms with Gasteiger partial charge in [0.15, 0.2) is 12.6 Å². The first-order valence-corrected chi connectivity index (χ1v) is 10.0. The second-order valence-electron chi connectivity index (χ2n) is 5.55. The van der Waals surface area contributed by atoms with Gasteiger partial charge in [-0.1, -0.05) is 12.1 Å². The maximum Gasteiger partial charge on any atom is 0.422 e. The van der Waals surface area contributed by atoms with Crippen LogP contribution in [0.3, 0.4) is 0 Å². The van der Waals surface area contributed by atoms with Crippen LogP contribution in [0, 0.1) is 0 Å². The third-order valence-corrected chi connectivity index (χ3v) is 4.76. The fraction of sp³-hybridized carbons (Fsp3) is 0.562.